The highest BCUT2D eigenvalue weighted by molar-refractivity contribution is 14.0. The highest BCUT2D eigenvalue weighted by Crippen LogP contribution is 2.44. The van der Waals surface area contributed by atoms with Crippen LogP contribution in [0.25, 0.3) is 0 Å². The number of nitrogens with zero attached hydrogens (tertiary/aromatic N) is 3. The number of likely N-dealkylation sites (N-methyl/N-ethyl adjacent to an activating group) is 1. The molecule has 176 valence electrons. The molecule has 31 heavy (non-hydrogen) atoms. The monoisotopic (exact) mass is 545 g/mol. The van der Waals surface area contributed by atoms with Crippen LogP contribution in [0.15, 0.2) is 4.99 Å². The fourth-order valence-electron chi connectivity index (χ4n) is 5.90. The smallest absolute Gasteiger partial charge is 0.243 e. The number of aliphatic imine (C=N–C) groups is 1. The van der Waals surface area contributed by atoms with Crippen LogP contribution in [0.2, 0.25) is 0 Å². The van der Waals surface area contributed by atoms with Crippen molar-refractivity contribution in [2.45, 2.75) is 76.3 Å². The number of nitrogens with one attached hydrogen (secondary N) is 2. The molecule has 4 aliphatic rings. The van der Waals surface area contributed by atoms with Crippen LogP contribution in [0.4, 0.5) is 0 Å². The van der Waals surface area contributed by atoms with E-state index < -0.39 is 0 Å². The first kappa shape index (κ1) is 24.6. The third kappa shape index (κ3) is 6.26. The lowest BCUT2D eigenvalue weighted by Crippen LogP contribution is -2.50. The number of hydrogen-bond acceptors (Lipinski definition) is 3. The predicted octanol–water partition coefficient (Wildman–Crippen LogP) is 2.60. The second-order valence-corrected chi connectivity index (χ2v) is 10.1. The molecule has 3 aliphatic carbocycles. The van der Waals surface area contributed by atoms with Gasteiger partial charge < -0.3 is 20.4 Å². The molecule has 3 saturated carbocycles. The largest absolute Gasteiger partial charge is 0.353 e. The molecule has 0 aromatic rings. The summed E-state index contributed by atoms with van der Waals surface area (Å²) in [7, 11) is 3.53. The molecule has 4 atom stereocenters. The number of carbonyl (C=O) groups is 2. The van der Waals surface area contributed by atoms with Crippen molar-refractivity contribution in [3.05, 3.63) is 0 Å². The number of rotatable bonds is 5. The highest BCUT2D eigenvalue weighted by atomic mass is 127. The van der Waals surface area contributed by atoms with Gasteiger partial charge in [-0.05, 0) is 50.4 Å². The molecule has 4 unspecified atom stereocenters. The summed E-state index contributed by atoms with van der Waals surface area (Å²) in [4.78, 5) is 33.2. The Morgan fingerprint density at radius 3 is 2.42 bits per heavy atom. The van der Waals surface area contributed by atoms with Gasteiger partial charge in [-0.3, -0.25) is 9.59 Å². The number of guanidine groups is 1. The van der Waals surface area contributed by atoms with Crippen LogP contribution in [0.5, 0.6) is 0 Å². The Morgan fingerprint density at radius 1 is 1.00 bits per heavy atom. The van der Waals surface area contributed by atoms with Crippen molar-refractivity contribution in [3.8, 4) is 0 Å². The Morgan fingerprint density at radius 2 is 1.77 bits per heavy atom. The van der Waals surface area contributed by atoms with Crippen LogP contribution in [0.1, 0.15) is 64.2 Å². The van der Waals surface area contributed by atoms with E-state index in [4.69, 9.17) is 0 Å². The molecule has 1 aliphatic heterocycles. The second-order valence-electron chi connectivity index (χ2n) is 10.1. The van der Waals surface area contributed by atoms with E-state index in [1.807, 2.05) is 4.90 Å². The summed E-state index contributed by atoms with van der Waals surface area (Å²) in [5.41, 5.74) is 0. The zero-order chi connectivity index (χ0) is 21.1. The summed E-state index contributed by atoms with van der Waals surface area (Å²) in [6.07, 6.45) is 11.9. The minimum Gasteiger partial charge on any atom is -0.353 e. The van der Waals surface area contributed by atoms with E-state index in [2.05, 4.69) is 15.6 Å². The number of hydrogen-bond donors (Lipinski definition) is 2. The SMILES string of the molecule is CN(C)C(=O)CN=C(NC1CCN(C(=O)C2CCCCC2)C1)NC1CC2CCC1C2.I. The van der Waals surface area contributed by atoms with E-state index in [-0.39, 0.29) is 48.4 Å². The van der Waals surface area contributed by atoms with Crippen molar-refractivity contribution in [1.82, 2.24) is 20.4 Å². The molecule has 4 rings (SSSR count). The molecule has 1 saturated heterocycles. The summed E-state index contributed by atoms with van der Waals surface area (Å²) < 4.78 is 0. The van der Waals surface area contributed by atoms with E-state index in [1.54, 1.807) is 19.0 Å². The summed E-state index contributed by atoms with van der Waals surface area (Å²) in [6.45, 7) is 1.72. The summed E-state index contributed by atoms with van der Waals surface area (Å²) in [5, 5.41) is 7.20. The van der Waals surface area contributed by atoms with Gasteiger partial charge in [-0.1, -0.05) is 25.7 Å². The average molecular weight is 546 g/mol. The van der Waals surface area contributed by atoms with Gasteiger partial charge in [0.25, 0.3) is 0 Å². The molecule has 2 amide bonds. The average Bonchev–Trinajstić information content (AvgIpc) is 3.49. The maximum atomic E-state index is 12.9. The molecule has 0 aromatic carbocycles. The maximum absolute atomic E-state index is 12.9. The molecule has 2 bridgehead atoms. The van der Waals surface area contributed by atoms with Gasteiger partial charge in [0.15, 0.2) is 5.96 Å². The summed E-state index contributed by atoms with van der Waals surface area (Å²) in [6, 6.07) is 0.669. The Bertz CT molecular complexity index is 664. The first-order valence-corrected chi connectivity index (χ1v) is 12.1. The van der Waals surface area contributed by atoms with Crippen LogP contribution in [-0.4, -0.2) is 73.4 Å². The van der Waals surface area contributed by atoms with Gasteiger partial charge >= 0.3 is 0 Å². The van der Waals surface area contributed by atoms with Crippen LogP contribution in [0.3, 0.4) is 0 Å². The Hall–Kier alpha value is -1.06. The molecule has 4 fully saturated rings. The standard InChI is InChI=1S/C23H39N5O2.HI/c1-27(2)21(29)14-24-23(26-20-13-16-8-9-18(20)12-16)25-19-10-11-28(15-19)22(30)17-6-4-3-5-7-17;/h16-20H,3-15H2,1-2H3,(H2,24,25,26);1H. The molecule has 7 nitrogen and oxygen atoms in total. The molecule has 0 radical (unpaired) electrons. The van der Waals surface area contributed by atoms with Crippen LogP contribution in [0, 0.1) is 17.8 Å². The van der Waals surface area contributed by atoms with E-state index in [1.165, 1.54) is 44.9 Å². The van der Waals surface area contributed by atoms with Crippen LogP contribution >= 0.6 is 24.0 Å². The Balaban J connectivity index is 0.00000272. The third-order valence-electron chi connectivity index (χ3n) is 7.73. The van der Waals surface area contributed by atoms with Crippen molar-refractivity contribution in [3.63, 3.8) is 0 Å². The van der Waals surface area contributed by atoms with Crippen molar-refractivity contribution >= 4 is 41.8 Å². The van der Waals surface area contributed by atoms with Gasteiger partial charge in [0, 0.05) is 45.2 Å². The zero-order valence-corrected chi connectivity index (χ0v) is 21.5. The maximum Gasteiger partial charge on any atom is 0.243 e. The highest BCUT2D eigenvalue weighted by Gasteiger charge is 2.40. The molecule has 8 heteroatoms. The van der Waals surface area contributed by atoms with Gasteiger partial charge in [0.1, 0.15) is 6.54 Å². The van der Waals surface area contributed by atoms with E-state index in [0.717, 1.165) is 50.1 Å². The number of halogens is 1. The Kier molecular flexibility index (Phi) is 8.87. The van der Waals surface area contributed by atoms with Crippen molar-refractivity contribution < 1.29 is 9.59 Å². The molecule has 0 aromatic heterocycles. The normalized spacial score (nSPS) is 30.8. The fraction of sp³-hybridized carbons (Fsp3) is 0.870. The van der Waals surface area contributed by atoms with Crippen molar-refractivity contribution in [2.24, 2.45) is 22.7 Å². The third-order valence-corrected chi connectivity index (χ3v) is 7.73. The number of amides is 2. The topological polar surface area (TPSA) is 77.0 Å². The molecule has 2 N–H and O–H groups in total. The first-order chi connectivity index (χ1) is 14.5. The van der Waals surface area contributed by atoms with Crippen LogP contribution < -0.4 is 10.6 Å². The fourth-order valence-corrected chi connectivity index (χ4v) is 5.90. The Labute approximate surface area is 204 Å². The minimum absolute atomic E-state index is 0. The predicted molar refractivity (Wildman–Crippen MR) is 133 cm³/mol. The molecular weight excluding hydrogens is 505 g/mol. The molecular formula is C23H40IN5O2. The molecule has 1 heterocycles. The van der Waals surface area contributed by atoms with Crippen molar-refractivity contribution in [2.75, 3.05) is 33.7 Å². The number of carbonyl (C=O) groups excluding carboxylic acids is 2. The summed E-state index contributed by atoms with van der Waals surface area (Å²) in [5.74, 6) is 2.92. The lowest BCUT2D eigenvalue weighted by atomic mass is 9.88. The van der Waals surface area contributed by atoms with Gasteiger partial charge in [-0.25, -0.2) is 4.99 Å². The number of likely N-dealkylation sites (tertiary alicyclic amines) is 1. The van der Waals surface area contributed by atoms with E-state index >= 15 is 0 Å². The lowest BCUT2D eigenvalue weighted by Gasteiger charge is -2.28. The van der Waals surface area contributed by atoms with Gasteiger partial charge in [-0.2, -0.15) is 0 Å². The first-order valence-electron chi connectivity index (χ1n) is 12.1. The lowest BCUT2D eigenvalue weighted by molar-refractivity contribution is -0.135. The van der Waals surface area contributed by atoms with Gasteiger partial charge in [0.2, 0.25) is 11.8 Å². The molecule has 0 spiro atoms. The zero-order valence-electron chi connectivity index (χ0n) is 19.1. The van der Waals surface area contributed by atoms with Crippen molar-refractivity contribution in [1.29, 1.82) is 0 Å². The summed E-state index contributed by atoms with van der Waals surface area (Å²) >= 11 is 0. The quantitative estimate of drug-likeness (QED) is 0.317. The van der Waals surface area contributed by atoms with E-state index in [9.17, 15) is 9.59 Å². The second kappa shape index (κ2) is 11.2. The minimum atomic E-state index is 0. The van der Waals surface area contributed by atoms with Gasteiger partial charge in [-0.15, -0.1) is 24.0 Å². The van der Waals surface area contributed by atoms with Gasteiger partial charge in [0.05, 0.1) is 0 Å². The van der Waals surface area contributed by atoms with Crippen LogP contribution in [-0.2, 0) is 9.59 Å². The van der Waals surface area contributed by atoms with E-state index in [0.29, 0.717) is 11.9 Å². The number of fused-ring (bicyclic) bond motifs is 2.